The maximum absolute atomic E-state index is 11.5. The van der Waals surface area contributed by atoms with Gasteiger partial charge in [0, 0.05) is 0 Å². The van der Waals surface area contributed by atoms with Crippen LogP contribution in [0.15, 0.2) is 12.2 Å². The van der Waals surface area contributed by atoms with Crippen molar-refractivity contribution in [1.82, 2.24) is 0 Å². The van der Waals surface area contributed by atoms with Crippen LogP contribution in [0.1, 0.15) is 85.0 Å². The van der Waals surface area contributed by atoms with E-state index in [1.165, 1.54) is 19.3 Å². The smallest absolute Gasteiger partial charge is 0.306 e. The molecule has 0 aliphatic heterocycles. The number of unbranched alkanes of at least 4 members (excludes halogenated alkanes) is 4. The van der Waals surface area contributed by atoms with E-state index in [4.69, 9.17) is 9.47 Å². The van der Waals surface area contributed by atoms with Crippen molar-refractivity contribution in [3.63, 3.8) is 0 Å². The maximum Gasteiger partial charge on any atom is 0.306 e. The Hall–Kier alpha value is -1.32. The molecule has 0 atom stereocenters. The predicted molar refractivity (Wildman–Crippen MR) is 97.7 cm³/mol. The minimum atomic E-state index is -0.318. The lowest BCUT2D eigenvalue weighted by Crippen LogP contribution is -2.11. The first-order chi connectivity index (χ1) is 11.6. The van der Waals surface area contributed by atoms with Gasteiger partial charge >= 0.3 is 11.9 Å². The largest absolute Gasteiger partial charge is 0.466 e. The standard InChI is InChI=1S/C20H36O4/c1-4-5-6-7-8-9-10-11-16-23-19(21)14-15-20(22)24-17-12-13-18(2)3/h8-9,18H,4-7,10-17H2,1-3H3/b9-8+. The number of allylic oxidation sites excluding steroid dienone is 2. The summed E-state index contributed by atoms with van der Waals surface area (Å²) in [4.78, 5) is 23.0. The highest BCUT2D eigenvalue weighted by Crippen LogP contribution is 2.05. The van der Waals surface area contributed by atoms with Crippen molar-refractivity contribution < 1.29 is 19.1 Å². The van der Waals surface area contributed by atoms with Gasteiger partial charge in [-0.1, -0.05) is 45.8 Å². The van der Waals surface area contributed by atoms with Crippen molar-refractivity contribution in [2.75, 3.05) is 13.2 Å². The van der Waals surface area contributed by atoms with Gasteiger partial charge in [0.15, 0.2) is 0 Å². The minimum absolute atomic E-state index is 0.107. The molecule has 24 heavy (non-hydrogen) atoms. The van der Waals surface area contributed by atoms with Crippen LogP contribution in [0.3, 0.4) is 0 Å². The normalized spacial score (nSPS) is 11.2. The number of carbonyl (C=O) groups is 2. The van der Waals surface area contributed by atoms with Crippen molar-refractivity contribution in [3.05, 3.63) is 12.2 Å². The molecule has 0 aromatic rings. The van der Waals surface area contributed by atoms with Crippen LogP contribution in [0.4, 0.5) is 0 Å². The number of hydrogen-bond donors (Lipinski definition) is 0. The molecule has 0 amide bonds. The van der Waals surface area contributed by atoms with Crippen LogP contribution in [-0.2, 0) is 19.1 Å². The van der Waals surface area contributed by atoms with Gasteiger partial charge in [-0.15, -0.1) is 0 Å². The van der Waals surface area contributed by atoms with E-state index in [2.05, 4.69) is 32.9 Å². The molecule has 140 valence electrons. The summed E-state index contributed by atoms with van der Waals surface area (Å²) >= 11 is 0. The molecule has 0 spiro atoms. The van der Waals surface area contributed by atoms with Crippen molar-refractivity contribution in [2.45, 2.75) is 85.0 Å². The monoisotopic (exact) mass is 340 g/mol. The van der Waals surface area contributed by atoms with Crippen LogP contribution >= 0.6 is 0 Å². The van der Waals surface area contributed by atoms with Crippen molar-refractivity contribution in [1.29, 1.82) is 0 Å². The van der Waals surface area contributed by atoms with E-state index >= 15 is 0 Å². The van der Waals surface area contributed by atoms with Gasteiger partial charge in [0.2, 0.25) is 0 Å². The number of ether oxygens (including phenoxy) is 2. The molecular formula is C20H36O4. The highest BCUT2D eigenvalue weighted by Gasteiger charge is 2.09. The molecule has 0 aromatic carbocycles. The molecule has 0 aliphatic rings. The van der Waals surface area contributed by atoms with Crippen molar-refractivity contribution in [2.24, 2.45) is 5.92 Å². The topological polar surface area (TPSA) is 52.6 Å². The lowest BCUT2D eigenvalue weighted by molar-refractivity contribution is -0.150. The van der Waals surface area contributed by atoms with E-state index in [0.29, 0.717) is 19.1 Å². The Morgan fingerprint density at radius 1 is 0.833 bits per heavy atom. The average molecular weight is 341 g/mol. The second-order valence-electron chi connectivity index (χ2n) is 6.59. The Labute approximate surface area is 148 Å². The summed E-state index contributed by atoms with van der Waals surface area (Å²) in [5.74, 6) is -0.0170. The number of rotatable bonds is 15. The van der Waals surface area contributed by atoms with E-state index in [-0.39, 0.29) is 24.8 Å². The zero-order valence-corrected chi connectivity index (χ0v) is 15.9. The predicted octanol–water partition coefficient (Wildman–Crippen LogP) is 5.21. The molecule has 0 N–H and O–H groups in total. The third-order valence-electron chi connectivity index (χ3n) is 3.64. The van der Waals surface area contributed by atoms with E-state index in [1.807, 2.05) is 0 Å². The van der Waals surface area contributed by atoms with Crippen LogP contribution < -0.4 is 0 Å². The van der Waals surface area contributed by atoms with Gasteiger partial charge in [-0.25, -0.2) is 0 Å². The lowest BCUT2D eigenvalue weighted by Gasteiger charge is -2.06. The molecule has 4 heteroatoms. The molecule has 0 rings (SSSR count). The maximum atomic E-state index is 11.5. The number of esters is 2. The molecule has 0 aliphatic carbocycles. The highest BCUT2D eigenvalue weighted by atomic mass is 16.5. The van der Waals surface area contributed by atoms with Crippen molar-refractivity contribution in [3.8, 4) is 0 Å². The molecule has 4 nitrogen and oxygen atoms in total. The summed E-state index contributed by atoms with van der Waals surface area (Å²) in [7, 11) is 0. The fourth-order valence-corrected chi connectivity index (χ4v) is 2.16. The Balaban J connectivity index is 3.44. The first kappa shape index (κ1) is 22.7. The molecule has 0 saturated carbocycles. The Bertz CT molecular complexity index is 348. The fourth-order valence-electron chi connectivity index (χ4n) is 2.16. The van der Waals surface area contributed by atoms with Gasteiger partial charge in [0.25, 0.3) is 0 Å². The summed E-state index contributed by atoms with van der Waals surface area (Å²) < 4.78 is 10.2. The molecule has 0 radical (unpaired) electrons. The molecular weight excluding hydrogens is 304 g/mol. The SMILES string of the molecule is CCCCC/C=C/CCCOC(=O)CCC(=O)OCCCC(C)C. The number of carbonyl (C=O) groups excluding carboxylic acids is 2. The molecule has 0 bridgehead atoms. The Kier molecular flexibility index (Phi) is 15.6. The third-order valence-corrected chi connectivity index (χ3v) is 3.64. The Morgan fingerprint density at radius 3 is 1.92 bits per heavy atom. The van der Waals surface area contributed by atoms with Gasteiger partial charge in [-0.2, -0.15) is 0 Å². The van der Waals surface area contributed by atoms with E-state index in [9.17, 15) is 9.59 Å². The van der Waals surface area contributed by atoms with Crippen LogP contribution in [0.2, 0.25) is 0 Å². The van der Waals surface area contributed by atoms with Gasteiger partial charge < -0.3 is 9.47 Å². The Morgan fingerprint density at radius 2 is 1.38 bits per heavy atom. The fraction of sp³-hybridized carbons (Fsp3) is 0.800. The summed E-state index contributed by atoms with van der Waals surface area (Å²) in [6.45, 7) is 7.34. The molecule has 0 fully saturated rings. The second kappa shape index (κ2) is 16.5. The van der Waals surface area contributed by atoms with E-state index in [0.717, 1.165) is 32.1 Å². The highest BCUT2D eigenvalue weighted by molar-refractivity contribution is 5.77. The summed E-state index contributed by atoms with van der Waals surface area (Å²) in [5, 5.41) is 0. The first-order valence-electron chi connectivity index (χ1n) is 9.52. The molecule has 0 unspecified atom stereocenters. The quantitative estimate of drug-likeness (QED) is 0.233. The summed E-state index contributed by atoms with van der Waals surface area (Å²) in [6, 6.07) is 0. The average Bonchev–Trinajstić information content (AvgIpc) is 2.55. The van der Waals surface area contributed by atoms with E-state index < -0.39 is 0 Å². The lowest BCUT2D eigenvalue weighted by atomic mass is 10.1. The number of hydrogen-bond acceptors (Lipinski definition) is 4. The van der Waals surface area contributed by atoms with Gasteiger partial charge in [-0.05, 0) is 44.4 Å². The summed E-state index contributed by atoms with van der Waals surface area (Å²) in [6.07, 6.45) is 13.1. The minimum Gasteiger partial charge on any atom is -0.466 e. The molecule has 0 saturated heterocycles. The zero-order valence-electron chi connectivity index (χ0n) is 15.9. The summed E-state index contributed by atoms with van der Waals surface area (Å²) in [5.41, 5.74) is 0. The molecule has 0 aromatic heterocycles. The van der Waals surface area contributed by atoms with Gasteiger partial charge in [0.1, 0.15) is 0 Å². The van der Waals surface area contributed by atoms with Crippen LogP contribution in [0.25, 0.3) is 0 Å². The third kappa shape index (κ3) is 17.0. The van der Waals surface area contributed by atoms with Gasteiger partial charge in [-0.3, -0.25) is 9.59 Å². The van der Waals surface area contributed by atoms with Crippen LogP contribution in [0.5, 0.6) is 0 Å². The van der Waals surface area contributed by atoms with Gasteiger partial charge in [0.05, 0.1) is 26.1 Å². The first-order valence-corrected chi connectivity index (χ1v) is 9.52. The van der Waals surface area contributed by atoms with Crippen LogP contribution in [0, 0.1) is 5.92 Å². The van der Waals surface area contributed by atoms with Crippen LogP contribution in [-0.4, -0.2) is 25.2 Å². The van der Waals surface area contributed by atoms with E-state index in [1.54, 1.807) is 0 Å². The van der Waals surface area contributed by atoms with Crippen molar-refractivity contribution >= 4 is 11.9 Å². The molecule has 0 heterocycles. The second-order valence-corrected chi connectivity index (χ2v) is 6.59. The zero-order chi connectivity index (χ0) is 18.0.